The standard InChI is InChI=1S/C15H22N2OS/c1-11(15(18)16-13-6-7-13)17(2)10-12-4-8-14(19-3)9-5-12/h4-5,8-9,11,13H,6-7,10H2,1-3H3,(H,16,18)/t11-/m1/s1. The van der Waals surface area contributed by atoms with E-state index in [4.69, 9.17) is 0 Å². The van der Waals surface area contributed by atoms with Gasteiger partial charge in [-0.25, -0.2) is 0 Å². The second-order valence-corrected chi connectivity index (χ2v) is 6.10. The van der Waals surface area contributed by atoms with Crippen LogP contribution in [0.3, 0.4) is 0 Å². The number of likely N-dealkylation sites (N-methyl/N-ethyl adjacent to an activating group) is 1. The summed E-state index contributed by atoms with van der Waals surface area (Å²) in [6.07, 6.45) is 4.35. The molecular formula is C15H22N2OS. The van der Waals surface area contributed by atoms with E-state index in [2.05, 4.69) is 40.7 Å². The Labute approximate surface area is 119 Å². The van der Waals surface area contributed by atoms with Crippen LogP contribution < -0.4 is 5.32 Å². The van der Waals surface area contributed by atoms with Gasteiger partial charge in [0, 0.05) is 17.5 Å². The Morgan fingerprint density at radius 3 is 2.58 bits per heavy atom. The molecule has 0 aromatic heterocycles. The van der Waals surface area contributed by atoms with E-state index in [0.29, 0.717) is 6.04 Å². The Morgan fingerprint density at radius 1 is 1.42 bits per heavy atom. The first kappa shape index (κ1) is 14.4. The summed E-state index contributed by atoms with van der Waals surface area (Å²) in [5, 5.41) is 3.05. The molecule has 0 unspecified atom stereocenters. The van der Waals surface area contributed by atoms with E-state index < -0.39 is 0 Å². The molecule has 2 rings (SSSR count). The van der Waals surface area contributed by atoms with E-state index >= 15 is 0 Å². The molecule has 0 spiro atoms. The van der Waals surface area contributed by atoms with Gasteiger partial charge in [-0.3, -0.25) is 9.69 Å². The molecule has 1 aromatic rings. The number of rotatable bonds is 6. The van der Waals surface area contributed by atoms with Crippen LogP contribution in [0.25, 0.3) is 0 Å². The van der Waals surface area contributed by atoms with Gasteiger partial charge in [0.05, 0.1) is 6.04 Å². The van der Waals surface area contributed by atoms with E-state index in [1.807, 2.05) is 14.0 Å². The molecular weight excluding hydrogens is 256 g/mol. The molecule has 1 aliphatic carbocycles. The van der Waals surface area contributed by atoms with Crippen LogP contribution in [0.15, 0.2) is 29.2 Å². The number of hydrogen-bond acceptors (Lipinski definition) is 3. The summed E-state index contributed by atoms with van der Waals surface area (Å²) >= 11 is 1.74. The van der Waals surface area contributed by atoms with Crippen molar-refractivity contribution in [3.8, 4) is 0 Å². The predicted molar refractivity (Wildman–Crippen MR) is 80.3 cm³/mol. The third-order valence-corrected chi connectivity index (χ3v) is 4.30. The second kappa shape index (κ2) is 6.44. The van der Waals surface area contributed by atoms with Crippen LogP contribution in [0, 0.1) is 0 Å². The number of hydrogen-bond donors (Lipinski definition) is 1. The van der Waals surface area contributed by atoms with Crippen molar-refractivity contribution in [2.24, 2.45) is 0 Å². The van der Waals surface area contributed by atoms with Crippen molar-refractivity contribution in [3.63, 3.8) is 0 Å². The van der Waals surface area contributed by atoms with Gasteiger partial charge in [-0.05, 0) is 50.8 Å². The van der Waals surface area contributed by atoms with Crippen molar-refractivity contribution in [2.75, 3.05) is 13.3 Å². The lowest BCUT2D eigenvalue weighted by Crippen LogP contribution is -2.43. The average molecular weight is 278 g/mol. The highest BCUT2D eigenvalue weighted by atomic mass is 32.2. The molecule has 1 amide bonds. The maximum atomic E-state index is 12.0. The summed E-state index contributed by atoms with van der Waals surface area (Å²) in [4.78, 5) is 15.3. The van der Waals surface area contributed by atoms with Crippen molar-refractivity contribution < 1.29 is 4.79 Å². The van der Waals surface area contributed by atoms with Crippen molar-refractivity contribution in [2.45, 2.75) is 43.3 Å². The molecule has 1 saturated carbocycles. The SMILES string of the molecule is CSc1ccc(CN(C)[C@H](C)C(=O)NC2CC2)cc1. The lowest BCUT2D eigenvalue weighted by Gasteiger charge is -2.24. The molecule has 4 heteroatoms. The zero-order chi connectivity index (χ0) is 13.8. The van der Waals surface area contributed by atoms with Gasteiger partial charge in [0.2, 0.25) is 5.91 Å². The Bertz CT molecular complexity index is 428. The molecule has 1 N–H and O–H groups in total. The fourth-order valence-corrected chi connectivity index (χ4v) is 2.31. The molecule has 1 aromatic carbocycles. The van der Waals surface area contributed by atoms with Gasteiger partial charge in [0.15, 0.2) is 0 Å². The van der Waals surface area contributed by atoms with Gasteiger partial charge >= 0.3 is 0 Å². The molecule has 0 radical (unpaired) electrons. The average Bonchev–Trinajstić information content (AvgIpc) is 3.22. The molecule has 0 bridgehead atoms. The lowest BCUT2D eigenvalue weighted by molar-refractivity contribution is -0.125. The summed E-state index contributed by atoms with van der Waals surface area (Å²) in [6, 6.07) is 8.87. The first-order valence-electron chi connectivity index (χ1n) is 6.73. The van der Waals surface area contributed by atoms with Gasteiger partial charge in [0.25, 0.3) is 0 Å². The molecule has 0 aliphatic heterocycles. The molecule has 1 atom stereocenters. The van der Waals surface area contributed by atoms with Gasteiger partial charge in [0.1, 0.15) is 0 Å². The fourth-order valence-electron chi connectivity index (χ4n) is 1.91. The number of carbonyl (C=O) groups is 1. The molecule has 104 valence electrons. The number of thioether (sulfide) groups is 1. The van der Waals surface area contributed by atoms with Crippen molar-refractivity contribution in [1.82, 2.24) is 10.2 Å². The number of nitrogens with one attached hydrogen (secondary N) is 1. The summed E-state index contributed by atoms with van der Waals surface area (Å²) in [5.41, 5.74) is 1.24. The van der Waals surface area contributed by atoms with Crippen molar-refractivity contribution in [3.05, 3.63) is 29.8 Å². The lowest BCUT2D eigenvalue weighted by atomic mass is 10.2. The Balaban J connectivity index is 1.87. The first-order chi connectivity index (χ1) is 9.10. The summed E-state index contributed by atoms with van der Waals surface area (Å²) in [7, 11) is 2.00. The molecule has 19 heavy (non-hydrogen) atoms. The Kier molecular flexibility index (Phi) is 4.88. The van der Waals surface area contributed by atoms with Crippen molar-refractivity contribution >= 4 is 17.7 Å². The highest BCUT2D eigenvalue weighted by molar-refractivity contribution is 7.98. The molecule has 3 nitrogen and oxygen atoms in total. The topological polar surface area (TPSA) is 32.3 Å². The number of nitrogens with zero attached hydrogens (tertiary/aromatic N) is 1. The second-order valence-electron chi connectivity index (χ2n) is 5.22. The number of carbonyl (C=O) groups excluding carboxylic acids is 1. The van der Waals surface area contributed by atoms with Crippen LogP contribution in [0.2, 0.25) is 0 Å². The minimum Gasteiger partial charge on any atom is -0.352 e. The predicted octanol–water partition coefficient (Wildman–Crippen LogP) is 2.51. The van der Waals surface area contributed by atoms with E-state index in [1.165, 1.54) is 10.5 Å². The summed E-state index contributed by atoms with van der Waals surface area (Å²) < 4.78 is 0. The smallest absolute Gasteiger partial charge is 0.237 e. The van der Waals surface area contributed by atoms with Crippen LogP contribution >= 0.6 is 11.8 Å². The zero-order valence-electron chi connectivity index (χ0n) is 11.8. The van der Waals surface area contributed by atoms with Gasteiger partial charge < -0.3 is 5.32 Å². The van der Waals surface area contributed by atoms with Gasteiger partial charge in [-0.15, -0.1) is 11.8 Å². The molecule has 1 fully saturated rings. The largest absolute Gasteiger partial charge is 0.352 e. The van der Waals surface area contributed by atoms with E-state index in [1.54, 1.807) is 11.8 Å². The maximum Gasteiger partial charge on any atom is 0.237 e. The molecule has 0 saturated heterocycles. The van der Waals surface area contributed by atoms with Crippen LogP contribution in [0.1, 0.15) is 25.3 Å². The fraction of sp³-hybridized carbons (Fsp3) is 0.533. The van der Waals surface area contributed by atoms with E-state index in [-0.39, 0.29) is 11.9 Å². The minimum atomic E-state index is -0.0826. The van der Waals surface area contributed by atoms with Crippen LogP contribution in [-0.2, 0) is 11.3 Å². The third-order valence-electron chi connectivity index (χ3n) is 3.56. The molecule has 1 aliphatic rings. The van der Waals surface area contributed by atoms with Gasteiger partial charge in [-0.1, -0.05) is 12.1 Å². The first-order valence-corrected chi connectivity index (χ1v) is 7.96. The van der Waals surface area contributed by atoms with Crippen LogP contribution in [0.5, 0.6) is 0 Å². The Morgan fingerprint density at radius 2 is 2.05 bits per heavy atom. The summed E-state index contributed by atoms with van der Waals surface area (Å²) in [6.45, 7) is 2.77. The monoisotopic (exact) mass is 278 g/mol. The van der Waals surface area contributed by atoms with E-state index in [0.717, 1.165) is 19.4 Å². The maximum absolute atomic E-state index is 12.0. The highest BCUT2D eigenvalue weighted by Gasteiger charge is 2.27. The van der Waals surface area contributed by atoms with Gasteiger partial charge in [-0.2, -0.15) is 0 Å². The Hall–Kier alpha value is -1.00. The van der Waals surface area contributed by atoms with E-state index in [9.17, 15) is 4.79 Å². The van der Waals surface area contributed by atoms with Crippen LogP contribution in [-0.4, -0.2) is 36.2 Å². The highest BCUT2D eigenvalue weighted by Crippen LogP contribution is 2.19. The van der Waals surface area contributed by atoms with Crippen molar-refractivity contribution in [1.29, 1.82) is 0 Å². The normalized spacial score (nSPS) is 16.4. The quantitative estimate of drug-likeness (QED) is 0.812. The summed E-state index contributed by atoms with van der Waals surface area (Å²) in [5.74, 6) is 0.144. The third kappa shape index (κ3) is 4.25. The zero-order valence-corrected chi connectivity index (χ0v) is 12.7. The van der Waals surface area contributed by atoms with Crippen LogP contribution in [0.4, 0.5) is 0 Å². The number of amides is 1. The minimum absolute atomic E-state index is 0.0826. The molecule has 0 heterocycles. The number of benzene rings is 1.